The van der Waals surface area contributed by atoms with E-state index in [2.05, 4.69) is 19.7 Å². The highest BCUT2D eigenvalue weighted by atomic mass is 16.5. The van der Waals surface area contributed by atoms with Gasteiger partial charge in [-0.05, 0) is 0 Å². The van der Waals surface area contributed by atoms with Crippen molar-refractivity contribution in [3.63, 3.8) is 0 Å². The maximum Gasteiger partial charge on any atom is 0.335 e. The van der Waals surface area contributed by atoms with Crippen molar-refractivity contribution in [2.24, 2.45) is 15.0 Å². The van der Waals surface area contributed by atoms with E-state index in [1.807, 2.05) is 0 Å². The molecule has 2 heterocycles. The maximum absolute atomic E-state index is 11.1. The topological polar surface area (TPSA) is 63.4 Å². The van der Waals surface area contributed by atoms with Crippen LogP contribution < -0.4 is 0 Å². The van der Waals surface area contributed by atoms with Gasteiger partial charge < -0.3 is 4.74 Å². The van der Waals surface area contributed by atoms with Gasteiger partial charge in [0.15, 0.2) is 5.84 Å². The summed E-state index contributed by atoms with van der Waals surface area (Å²) in [5.74, 6) is 0.227. The quantitative estimate of drug-likeness (QED) is 0.542. The summed E-state index contributed by atoms with van der Waals surface area (Å²) >= 11 is 0. The number of carbonyl (C=O) groups excluding carboxylic acids is 1. The molecule has 0 unspecified atom stereocenters. The zero-order valence-electron chi connectivity index (χ0n) is 7.02. The first-order chi connectivity index (χ1) is 6.31. The van der Waals surface area contributed by atoms with E-state index in [1.54, 1.807) is 0 Å². The predicted molar refractivity (Wildman–Crippen MR) is 48.1 cm³/mol. The average Bonchev–Trinajstić information content (AvgIpc) is 2.63. The predicted octanol–water partition coefficient (Wildman–Crippen LogP) is 0.328. The van der Waals surface area contributed by atoms with Crippen molar-refractivity contribution in [2.45, 2.75) is 6.42 Å². The lowest BCUT2D eigenvalue weighted by Gasteiger charge is -2.08. The van der Waals surface area contributed by atoms with E-state index in [9.17, 15) is 4.79 Å². The smallest absolute Gasteiger partial charge is 0.335 e. The Morgan fingerprint density at radius 1 is 1.54 bits per heavy atom. The molecule has 5 nitrogen and oxygen atoms in total. The monoisotopic (exact) mass is 177 g/mol. The molecule has 2 rings (SSSR count). The van der Waals surface area contributed by atoms with Gasteiger partial charge in [-0.15, -0.1) is 0 Å². The molecule has 0 bridgehead atoms. The van der Waals surface area contributed by atoms with Crippen molar-refractivity contribution < 1.29 is 9.53 Å². The minimum absolute atomic E-state index is 0.364. The number of methoxy groups -OCH3 is 1. The van der Waals surface area contributed by atoms with Crippen molar-refractivity contribution in [2.75, 3.05) is 7.11 Å². The largest absolute Gasteiger partial charge is 0.466 e. The van der Waals surface area contributed by atoms with Crippen LogP contribution in [0.15, 0.2) is 26.8 Å². The average molecular weight is 177 g/mol. The summed E-state index contributed by atoms with van der Waals surface area (Å²) in [5, 5.41) is 0. The summed E-state index contributed by atoms with van der Waals surface area (Å²) in [6.07, 6.45) is 3.36. The minimum Gasteiger partial charge on any atom is -0.466 e. The lowest BCUT2D eigenvalue weighted by atomic mass is 10.1. The number of rotatable bonds is 1. The zero-order valence-corrected chi connectivity index (χ0v) is 7.02. The summed E-state index contributed by atoms with van der Waals surface area (Å²) in [5.41, 5.74) is 1.23. The normalized spacial score (nSPS) is 18.7. The Morgan fingerprint density at radius 2 is 2.38 bits per heavy atom. The summed E-state index contributed by atoms with van der Waals surface area (Å²) in [7, 11) is 1.34. The highest BCUT2D eigenvalue weighted by Gasteiger charge is 2.21. The van der Waals surface area contributed by atoms with Crippen LogP contribution in [0.2, 0.25) is 0 Å². The number of hydrogen-bond donors (Lipinski definition) is 0. The van der Waals surface area contributed by atoms with Crippen molar-refractivity contribution in [3.8, 4) is 0 Å². The molecule has 66 valence electrons. The Morgan fingerprint density at radius 3 is 3.15 bits per heavy atom. The third kappa shape index (κ3) is 1.28. The summed E-state index contributed by atoms with van der Waals surface area (Å²) in [6.45, 7) is 0. The Labute approximate surface area is 74.6 Å². The first-order valence-corrected chi connectivity index (χ1v) is 3.76. The number of amidine groups is 1. The number of nitrogens with zero attached hydrogens (tertiary/aromatic N) is 3. The standard InChI is InChI=1S/C8H7N3O2/c1-13-8(12)5-2-6-7(9-3-5)11-4-10-6/h3-4H,2H2,1H3. The molecule has 5 heteroatoms. The molecule has 0 spiro atoms. The number of hydrogen-bond acceptors (Lipinski definition) is 5. The molecule has 0 aromatic rings. The molecule has 2 aliphatic rings. The molecule has 0 saturated heterocycles. The van der Waals surface area contributed by atoms with Crippen LogP contribution in [0.5, 0.6) is 0 Å². The fourth-order valence-electron chi connectivity index (χ4n) is 1.14. The second-order valence-electron chi connectivity index (χ2n) is 2.60. The van der Waals surface area contributed by atoms with Crippen LogP contribution in [-0.4, -0.2) is 31.0 Å². The van der Waals surface area contributed by atoms with Crippen molar-refractivity contribution >= 4 is 23.9 Å². The molecule has 0 amide bonds. The lowest BCUT2D eigenvalue weighted by Crippen LogP contribution is -2.17. The summed E-state index contributed by atoms with van der Waals surface area (Å²) in [4.78, 5) is 22.9. The molecule has 0 aromatic carbocycles. The van der Waals surface area contributed by atoms with E-state index in [-0.39, 0.29) is 5.97 Å². The van der Waals surface area contributed by atoms with E-state index in [1.165, 1.54) is 19.6 Å². The van der Waals surface area contributed by atoms with Gasteiger partial charge in [-0.2, -0.15) is 0 Å². The van der Waals surface area contributed by atoms with E-state index in [0.717, 1.165) is 5.71 Å². The van der Waals surface area contributed by atoms with Gasteiger partial charge in [0.1, 0.15) is 6.34 Å². The number of carbonyl (C=O) groups is 1. The van der Waals surface area contributed by atoms with Crippen LogP contribution >= 0.6 is 0 Å². The number of aliphatic imine (C=N–C) groups is 3. The molecule has 0 aliphatic carbocycles. The van der Waals surface area contributed by atoms with Gasteiger partial charge in [-0.3, -0.25) is 0 Å². The Balaban J connectivity index is 2.25. The molecule has 2 aliphatic heterocycles. The fraction of sp³-hybridized carbons (Fsp3) is 0.250. The lowest BCUT2D eigenvalue weighted by molar-refractivity contribution is -0.136. The highest BCUT2D eigenvalue weighted by Crippen LogP contribution is 2.14. The van der Waals surface area contributed by atoms with Crippen LogP contribution in [0.4, 0.5) is 0 Å². The van der Waals surface area contributed by atoms with Crippen molar-refractivity contribution in [1.82, 2.24) is 0 Å². The molecular weight excluding hydrogens is 170 g/mol. The third-order valence-electron chi connectivity index (χ3n) is 1.80. The van der Waals surface area contributed by atoms with Crippen LogP contribution in [0, 0.1) is 0 Å². The maximum atomic E-state index is 11.1. The number of esters is 1. The van der Waals surface area contributed by atoms with Gasteiger partial charge in [-0.25, -0.2) is 19.8 Å². The SMILES string of the molecule is COC(=O)C1=CN=C2N=CN=C2C1. The molecule has 0 N–H and O–H groups in total. The van der Waals surface area contributed by atoms with Crippen LogP contribution in [0.25, 0.3) is 0 Å². The van der Waals surface area contributed by atoms with Crippen molar-refractivity contribution in [3.05, 3.63) is 11.8 Å². The van der Waals surface area contributed by atoms with Crippen LogP contribution in [-0.2, 0) is 9.53 Å². The zero-order chi connectivity index (χ0) is 9.26. The van der Waals surface area contributed by atoms with E-state index in [4.69, 9.17) is 0 Å². The van der Waals surface area contributed by atoms with E-state index < -0.39 is 0 Å². The van der Waals surface area contributed by atoms with Gasteiger partial charge in [0.2, 0.25) is 0 Å². The van der Waals surface area contributed by atoms with E-state index in [0.29, 0.717) is 17.8 Å². The Kier molecular flexibility index (Phi) is 1.77. The third-order valence-corrected chi connectivity index (χ3v) is 1.80. The summed E-state index contributed by atoms with van der Waals surface area (Å²) < 4.78 is 4.57. The second kappa shape index (κ2) is 2.93. The van der Waals surface area contributed by atoms with Gasteiger partial charge >= 0.3 is 5.97 Å². The molecular formula is C8H7N3O2. The molecule has 0 fully saturated rings. The van der Waals surface area contributed by atoms with Crippen LogP contribution in [0.3, 0.4) is 0 Å². The first-order valence-electron chi connectivity index (χ1n) is 3.76. The van der Waals surface area contributed by atoms with Gasteiger partial charge in [0.05, 0.1) is 18.4 Å². The van der Waals surface area contributed by atoms with Gasteiger partial charge in [0, 0.05) is 12.6 Å². The summed E-state index contributed by atoms with van der Waals surface area (Å²) in [6, 6.07) is 0. The Hall–Kier alpha value is -1.78. The first kappa shape index (κ1) is 7.85. The highest BCUT2D eigenvalue weighted by molar-refractivity contribution is 6.47. The number of fused-ring (bicyclic) bond motifs is 1. The molecule has 0 radical (unpaired) electrons. The van der Waals surface area contributed by atoms with E-state index >= 15 is 0 Å². The molecule has 0 aromatic heterocycles. The minimum atomic E-state index is -0.364. The van der Waals surface area contributed by atoms with Gasteiger partial charge in [-0.1, -0.05) is 0 Å². The fourth-order valence-corrected chi connectivity index (χ4v) is 1.14. The van der Waals surface area contributed by atoms with Gasteiger partial charge in [0.25, 0.3) is 0 Å². The molecule has 0 saturated carbocycles. The van der Waals surface area contributed by atoms with Crippen molar-refractivity contribution in [1.29, 1.82) is 0 Å². The number of ether oxygens (including phenoxy) is 1. The second-order valence-corrected chi connectivity index (χ2v) is 2.60. The molecule has 13 heavy (non-hydrogen) atoms. The molecule has 0 atom stereocenters. The Bertz CT molecular complexity index is 377. The van der Waals surface area contributed by atoms with Crippen LogP contribution in [0.1, 0.15) is 6.42 Å².